The summed E-state index contributed by atoms with van der Waals surface area (Å²) >= 11 is 0. The number of benzene rings is 1. The average molecular weight is 372 g/mol. The molecule has 27 heavy (non-hydrogen) atoms. The summed E-state index contributed by atoms with van der Waals surface area (Å²) in [5, 5.41) is 14.0. The van der Waals surface area contributed by atoms with Crippen LogP contribution >= 0.6 is 0 Å². The van der Waals surface area contributed by atoms with Gasteiger partial charge < -0.3 is 10.1 Å². The number of likely N-dealkylation sites (N-methyl/N-ethyl adjacent to an activating group) is 1. The van der Waals surface area contributed by atoms with E-state index in [0.717, 1.165) is 0 Å². The second-order valence-corrected chi connectivity index (χ2v) is 5.77. The van der Waals surface area contributed by atoms with Gasteiger partial charge in [-0.1, -0.05) is 12.1 Å². The van der Waals surface area contributed by atoms with E-state index in [1.807, 2.05) is 6.92 Å². The molecular formula is C18H21FN6O2. The van der Waals surface area contributed by atoms with Crippen molar-refractivity contribution in [3.63, 3.8) is 0 Å². The van der Waals surface area contributed by atoms with Crippen LogP contribution in [0.5, 0.6) is 0 Å². The molecule has 0 aliphatic heterocycles. The number of amides is 1. The van der Waals surface area contributed by atoms with Crippen molar-refractivity contribution in [3.8, 4) is 22.8 Å². The number of nitrogens with one attached hydrogen (secondary N) is 2. The van der Waals surface area contributed by atoms with Crippen LogP contribution in [0.3, 0.4) is 0 Å². The van der Waals surface area contributed by atoms with Crippen LogP contribution in [0, 0.1) is 5.82 Å². The molecule has 2 N–H and O–H groups in total. The molecule has 0 saturated heterocycles. The van der Waals surface area contributed by atoms with Gasteiger partial charge in [0.1, 0.15) is 11.5 Å². The van der Waals surface area contributed by atoms with E-state index in [1.165, 1.54) is 6.07 Å². The maximum atomic E-state index is 14.0. The van der Waals surface area contributed by atoms with Crippen molar-refractivity contribution < 1.29 is 13.9 Å². The molecule has 142 valence electrons. The lowest BCUT2D eigenvalue weighted by Crippen LogP contribution is -2.20. The second kappa shape index (κ2) is 8.54. The van der Waals surface area contributed by atoms with Crippen LogP contribution in [0.15, 0.2) is 30.3 Å². The molecule has 3 rings (SSSR count). The zero-order valence-corrected chi connectivity index (χ0v) is 15.2. The third-order valence-electron chi connectivity index (χ3n) is 3.93. The summed E-state index contributed by atoms with van der Waals surface area (Å²) < 4.78 is 21.1. The van der Waals surface area contributed by atoms with E-state index in [0.29, 0.717) is 48.4 Å². The fraction of sp³-hybridized carbons (Fsp3) is 0.333. The number of hydrogen-bond donors (Lipinski definition) is 2. The molecule has 2 aromatic heterocycles. The van der Waals surface area contributed by atoms with Crippen molar-refractivity contribution in [1.82, 2.24) is 30.3 Å². The van der Waals surface area contributed by atoms with E-state index >= 15 is 0 Å². The predicted molar refractivity (Wildman–Crippen MR) is 97.3 cm³/mol. The molecule has 1 amide bonds. The van der Waals surface area contributed by atoms with E-state index in [9.17, 15) is 9.18 Å². The Morgan fingerprint density at radius 3 is 2.93 bits per heavy atom. The second-order valence-electron chi connectivity index (χ2n) is 5.77. The summed E-state index contributed by atoms with van der Waals surface area (Å²) in [4.78, 5) is 16.1. The first-order valence-electron chi connectivity index (χ1n) is 8.65. The van der Waals surface area contributed by atoms with Gasteiger partial charge in [-0.15, -0.1) is 0 Å². The van der Waals surface area contributed by atoms with Crippen LogP contribution in [0.4, 0.5) is 4.39 Å². The first kappa shape index (κ1) is 18.7. The maximum absolute atomic E-state index is 14.0. The van der Waals surface area contributed by atoms with Gasteiger partial charge in [-0.05, 0) is 25.1 Å². The van der Waals surface area contributed by atoms with Crippen LogP contribution < -0.4 is 5.32 Å². The highest BCUT2D eigenvalue weighted by Crippen LogP contribution is 2.25. The Balaban J connectivity index is 1.92. The molecule has 0 fully saturated rings. The fourth-order valence-corrected chi connectivity index (χ4v) is 2.59. The minimum atomic E-state index is -0.353. The third kappa shape index (κ3) is 4.37. The maximum Gasteiger partial charge on any atom is 0.227 e. The lowest BCUT2D eigenvalue weighted by molar-refractivity contribution is -0.120. The lowest BCUT2D eigenvalue weighted by atomic mass is 10.1. The number of rotatable bonds is 8. The highest BCUT2D eigenvalue weighted by molar-refractivity contribution is 5.77. The van der Waals surface area contributed by atoms with Crippen LogP contribution in [-0.4, -0.2) is 51.1 Å². The van der Waals surface area contributed by atoms with Gasteiger partial charge in [0.2, 0.25) is 5.91 Å². The molecule has 9 heteroatoms. The Bertz CT molecular complexity index is 920. The number of ether oxygens (including phenoxy) is 1. The predicted octanol–water partition coefficient (Wildman–Crippen LogP) is 1.80. The summed E-state index contributed by atoms with van der Waals surface area (Å²) in [7, 11) is 1.56. The largest absolute Gasteiger partial charge is 0.380 e. The van der Waals surface area contributed by atoms with Crippen molar-refractivity contribution in [2.75, 3.05) is 20.3 Å². The Hall–Kier alpha value is -3.07. The number of H-pyrrole nitrogens is 1. The summed E-state index contributed by atoms with van der Waals surface area (Å²) in [5.74, 6) is 0.375. The Morgan fingerprint density at radius 1 is 1.37 bits per heavy atom. The van der Waals surface area contributed by atoms with Crippen LogP contribution in [0.25, 0.3) is 22.8 Å². The minimum absolute atomic E-state index is 0.0689. The van der Waals surface area contributed by atoms with Gasteiger partial charge in [-0.2, -0.15) is 10.2 Å². The Labute approximate surface area is 155 Å². The first-order valence-corrected chi connectivity index (χ1v) is 8.65. The highest BCUT2D eigenvalue weighted by atomic mass is 19.1. The van der Waals surface area contributed by atoms with Crippen molar-refractivity contribution in [1.29, 1.82) is 0 Å². The molecule has 0 unspecified atom stereocenters. The molecular weight excluding hydrogens is 351 g/mol. The molecule has 0 saturated carbocycles. The molecule has 0 aliphatic rings. The fourth-order valence-electron chi connectivity index (χ4n) is 2.59. The molecule has 3 aromatic rings. The van der Waals surface area contributed by atoms with Gasteiger partial charge in [0.25, 0.3) is 0 Å². The van der Waals surface area contributed by atoms with Gasteiger partial charge in [-0.25, -0.2) is 14.1 Å². The molecule has 2 heterocycles. The van der Waals surface area contributed by atoms with Crippen molar-refractivity contribution in [3.05, 3.63) is 42.0 Å². The number of carbonyl (C=O) groups is 1. The number of aromatic amines is 1. The van der Waals surface area contributed by atoms with E-state index in [-0.39, 0.29) is 18.1 Å². The number of hydrogen-bond acceptors (Lipinski definition) is 5. The number of carbonyl (C=O) groups excluding carboxylic acids is 1. The van der Waals surface area contributed by atoms with E-state index < -0.39 is 0 Å². The van der Waals surface area contributed by atoms with Gasteiger partial charge in [0, 0.05) is 19.2 Å². The van der Waals surface area contributed by atoms with E-state index in [4.69, 9.17) is 4.74 Å². The third-order valence-corrected chi connectivity index (χ3v) is 3.93. The topological polar surface area (TPSA) is 97.7 Å². The molecule has 0 radical (unpaired) electrons. The standard InChI is InChI=1S/C18H21FN6O2/c1-3-27-9-8-25-18(21-16(24-25)11-17(26)20-2)15-10-14(22-23-15)12-6-4-5-7-13(12)19/h4-7,10H,3,8-9,11H2,1-2H3,(H,20,26)(H,22,23). The first-order chi connectivity index (χ1) is 13.1. The zero-order valence-electron chi connectivity index (χ0n) is 15.2. The molecule has 1 aromatic carbocycles. The molecule has 0 bridgehead atoms. The van der Waals surface area contributed by atoms with Gasteiger partial charge in [0.15, 0.2) is 11.6 Å². The number of halogens is 1. The SMILES string of the molecule is CCOCCn1nc(CC(=O)NC)nc1-c1cc(-c2ccccc2F)n[nH]1. The molecule has 0 atom stereocenters. The van der Waals surface area contributed by atoms with Crippen LogP contribution in [-0.2, 0) is 22.5 Å². The number of nitrogens with zero attached hydrogens (tertiary/aromatic N) is 4. The van der Waals surface area contributed by atoms with Crippen molar-refractivity contribution in [2.24, 2.45) is 0 Å². The molecule has 0 aliphatic carbocycles. The lowest BCUT2D eigenvalue weighted by Gasteiger charge is -2.04. The summed E-state index contributed by atoms with van der Waals surface area (Å²) in [6, 6.07) is 8.13. The van der Waals surface area contributed by atoms with Crippen LogP contribution in [0.1, 0.15) is 12.7 Å². The molecule has 0 spiro atoms. The van der Waals surface area contributed by atoms with E-state index in [1.54, 1.807) is 36.0 Å². The van der Waals surface area contributed by atoms with Gasteiger partial charge in [0.05, 0.1) is 25.3 Å². The van der Waals surface area contributed by atoms with Gasteiger partial charge in [-0.3, -0.25) is 9.89 Å². The highest BCUT2D eigenvalue weighted by Gasteiger charge is 2.17. The summed E-state index contributed by atoms with van der Waals surface area (Å²) in [6.45, 7) is 3.43. The normalized spacial score (nSPS) is 10.9. The number of aromatic nitrogens is 5. The average Bonchev–Trinajstić information content (AvgIpc) is 3.29. The summed E-state index contributed by atoms with van der Waals surface area (Å²) in [5.41, 5.74) is 1.45. The monoisotopic (exact) mass is 372 g/mol. The van der Waals surface area contributed by atoms with Gasteiger partial charge >= 0.3 is 0 Å². The smallest absolute Gasteiger partial charge is 0.227 e. The van der Waals surface area contributed by atoms with Crippen molar-refractivity contribution >= 4 is 5.91 Å². The summed E-state index contributed by atoms with van der Waals surface area (Å²) in [6.07, 6.45) is 0.0689. The Kier molecular flexibility index (Phi) is 5.92. The Morgan fingerprint density at radius 2 is 2.19 bits per heavy atom. The van der Waals surface area contributed by atoms with E-state index in [2.05, 4.69) is 25.6 Å². The minimum Gasteiger partial charge on any atom is -0.380 e. The van der Waals surface area contributed by atoms with Crippen molar-refractivity contribution in [2.45, 2.75) is 19.9 Å². The zero-order chi connectivity index (χ0) is 19.2. The molecule has 8 nitrogen and oxygen atoms in total. The quantitative estimate of drug-likeness (QED) is 0.588. The van der Waals surface area contributed by atoms with Crippen LogP contribution in [0.2, 0.25) is 0 Å².